The van der Waals surface area contributed by atoms with Crippen molar-refractivity contribution >= 4 is 17.5 Å². The van der Waals surface area contributed by atoms with Crippen molar-refractivity contribution in [1.82, 2.24) is 5.32 Å². The molecule has 1 aliphatic heterocycles. The van der Waals surface area contributed by atoms with Crippen molar-refractivity contribution in [3.63, 3.8) is 0 Å². The number of hydrogen-bond acceptors (Lipinski definition) is 3. The van der Waals surface area contributed by atoms with Crippen LogP contribution in [0.5, 0.6) is 0 Å². The molecule has 1 saturated heterocycles. The van der Waals surface area contributed by atoms with Crippen molar-refractivity contribution < 1.29 is 18.4 Å². The Kier molecular flexibility index (Phi) is 5.25. The lowest BCUT2D eigenvalue weighted by molar-refractivity contribution is -0.127. The number of halogens is 2. The van der Waals surface area contributed by atoms with E-state index in [1.807, 2.05) is 6.07 Å². The minimum Gasteiger partial charge on any atom is -0.349 e. The number of nitrogens with one attached hydrogen (secondary N) is 1. The standard InChI is InChI=1S/C23H21F2N3O2/c24-17-4-1-3-16(11-17)21(29)27-19-5-2-6-23(13-19)7-8-28(22(23)30)20-10-15(14-26)9-18(25)12-20/h1,3-4,9-12,19H,2,5-8,13H2,(H,27,29). The number of amides is 2. The Labute approximate surface area is 173 Å². The summed E-state index contributed by atoms with van der Waals surface area (Å²) in [5, 5.41) is 12.0. The highest BCUT2D eigenvalue weighted by atomic mass is 19.1. The molecule has 2 unspecified atom stereocenters. The Morgan fingerprint density at radius 3 is 2.77 bits per heavy atom. The van der Waals surface area contributed by atoms with Gasteiger partial charge in [-0.1, -0.05) is 12.5 Å². The van der Waals surface area contributed by atoms with Gasteiger partial charge >= 0.3 is 0 Å². The van der Waals surface area contributed by atoms with Gasteiger partial charge in [0.1, 0.15) is 11.6 Å². The minimum atomic E-state index is -0.614. The fourth-order valence-electron chi connectivity index (χ4n) is 4.67. The van der Waals surface area contributed by atoms with Crippen LogP contribution in [0.3, 0.4) is 0 Å². The summed E-state index contributed by atoms with van der Waals surface area (Å²) in [5.41, 5.74) is 0.192. The van der Waals surface area contributed by atoms with Crippen LogP contribution in [0.2, 0.25) is 0 Å². The largest absolute Gasteiger partial charge is 0.349 e. The van der Waals surface area contributed by atoms with E-state index in [0.717, 1.165) is 18.9 Å². The summed E-state index contributed by atoms with van der Waals surface area (Å²) in [7, 11) is 0. The molecular formula is C23H21F2N3O2. The Morgan fingerprint density at radius 2 is 2.00 bits per heavy atom. The highest BCUT2D eigenvalue weighted by Gasteiger charge is 2.49. The van der Waals surface area contributed by atoms with Gasteiger partial charge in [0.25, 0.3) is 5.91 Å². The summed E-state index contributed by atoms with van der Waals surface area (Å²) >= 11 is 0. The van der Waals surface area contributed by atoms with Crippen molar-refractivity contribution in [2.45, 2.75) is 38.1 Å². The van der Waals surface area contributed by atoms with Gasteiger partial charge in [0, 0.05) is 23.8 Å². The average Bonchev–Trinajstić information content (AvgIpc) is 3.03. The zero-order chi connectivity index (χ0) is 21.3. The van der Waals surface area contributed by atoms with E-state index < -0.39 is 17.0 Å². The molecule has 1 saturated carbocycles. The second kappa shape index (κ2) is 7.86. The van der Waals surface area contributed by atoms with Crippen LogP contribution < -0.4 is 10.2 Å². The smallest absolute Gasteiger partial charge is 0.251 e. The highest BCUT2D eigenvalue weighted by Crippen LogP contribution is 2.46. The molecule has 1 heterocycles. The molecule has 7 heteroatoms. The maximum atomic E-state index is 13.9. The molecule has 154 valence electrons. The molecule has 1 spiro atoms. The molecule has 1 aliphatic carbocycles. The summed E-state index contributed by atoms with van der Waals surface area (Å²) in [4.78, 5) is 27.3. The van der Waals surface area contributed by atoms with E-state index in [1.165, 1.54) is 30.3 Å². The lowest BCUT2D eigenvalue weighted by Gasteiger charge is -2.37. The monoisotopic (exact) mass is 409 g/mol. The predicted molar refractivity (Wildman–Crippen MR) is 107 cm³/mol. The molecule has 2 fully saturated rings. The van der Waals surface area contributed by atoms with Crippen LogP contribution in [0.4, 0.5) is 14.5 Å². The topological polar surface area (TPSA) is 73.2 Å². The SMILES string of the molecule is N#Cc1cc(F)cc(N2CCC3(CCCC(NC(=O)c4cccc(F)c4)C3)C2=O)c1. The summed E-state index contributed by atoms with van der Waals surface area (Å²) in [6, 6.07) is 11.1. The van der Waals surface area contributed by atoms with Crippen molar-refractivity contribution in [1.29, 1.82) is 5.26 Å². The lowest BCUT2D eigenvalue weighted by Crippen LogP contribution is -2.46. The number of rotatable bonds is 3. The Hall–Kier alpha value is -3.27. The number of nitrogens with zero attached hydrogens (tertiary/aromatic N) is 2. The number of hydrogen-bond donors (Lipinski definition) is 1. The maximum absolute atomic E-state index is 13.9. The molecule has 4 rings (SSSR count). The van der Waals surface area contributed by atoms with Crippen LogP contribution in [0.15, 0.2) is 42.5 Å². The third-order valence-electron chi connectivity index (χ3n) is 6.10. The van der Waals surface area contributed by atoms with Gasteiger partial charge in [-0.05, 0) is 62.1 Å². The zero-order valence-corrected chi connectivity index (χ0v) is 16.3. The van der Waals surface area contributed by atoms with Crippen LogP contribution in [-0.2, 0) is 4.79 Å². The summed E-state index contributed by atoms with van der Waals surface area (Å²) in [6.45, 7) is 0.442. The zero-order valence-electron chi connectivity index (χ0n) is 16.3. The number of anilines is 1. The van der Waals surface area contributed by atoms with Crippen LogP contribution in [0, 0.1) is 28.4 Å². The van der Waals surface area contributed by atoms with Gasteiger partial charge in [0.2, 0.25) is 5.91 Å². The Bertz CT molecular complexity index is 1050. The minimum absolute atomic E-state index is 0.0957. The first-order valence-corrected chi connectivity index (χ1v) is 9.99. The lowest BCUT2D eigenvalue weighted by atomic mass is 9.71. The first kappa shape index (κ1) is 20.0. The second-order valence-corrected chi connectivity index (χ2v) is 8.07. The maximum Gasteiger partial charge on any atom is 0.251 e. The summed E-state index contributed by atoms with van der Waals surface area (Å²) < 4.78 is 27.3. The molecule has 30 heavy (non-hydrogen) atoms. The van der Waals surface area contributed by atoms with Crippen LogP contribution in [0.25, 0.3) is 0 Å². The third-order valence-corrected chi connectivity index (χ3v) is 6.10. The number of carbonyl (C=O) groups is 2. The quantitative estimate of drug-likeness (QED) is 0.835. The van der Waals surface area contributed by atoms with Gasteiger partial charge in [-0.2, -0.15) is 5.26 Å². The first-order chi connectivity index (χ1) is 14.4. The molecule has 2 atom stereocenters. The number of benzene rings is 2. The summed E-state index contributed by atoms with van der Waals surface area (Å²) in [5.74, 6) is -1.48. The molecule has 2 aromatic rings. The second-order valence-electron chi connectivity index (χ2n) is 8.07. The van der Waals surface area contributed by atoms with E-state index in [-0.39, 0.29) is 29.0 Å². The molecule has 0 radical (unpaired) electrons. The molecule has 2 amide bonds. The van der Waals surface area contributed by atoms with Crippen LogP contribution >= 0.6 is 0 Å². The van der Waals surface area contributed by atoms with E-state index in [9.17, 15) is 18.4 Å². The third kappa shape index (κ3) is 3.78. The molecule has 0 aromatic heterocycles. The molecule has 2 aliphatic rings. The van der Waals surface area contributed by atoms with E-state index >= 15 is 0 Å². The molecular weight excluding hydrogens is 388 g/mol. The Balaban J connectivity index is 1.50. The number of carbonyl (C=O) groups excluding carboxylic acids is 2. The van der Waals surface area contributed by atoms with Gasteiger partial charge < -0.3 is 10.2 Å². The summed E-state index contributed by atoms with van der Waals surface area (Å²) in [6.07, 6.45) is 3.32. The van der Waals surface area contributed by atoms with Gasteiger partial charge in [-0.25, -0.2) is 8.78 Å². The van der Waals surface area contributed by atoms with E-state index in [2.05, 4.69) is 5.32 Å². The molecule has 5 nitrogen and oxygen atoms in total. The fraction of sp³-hybridized carbons (Fsp3) is 0.348. The number of nitriles is 1. The van der Waals surface area contributed by atoms with Gasteiger partial charge in [0.05, 0.1) is 17.0 Å². The van der Waals surface area contributed by atoms with Crippen molar-refractivity contribution in [3.05, 3.63) is 65.2 Å². The normalized spacial score (nSPS) is 23.4. The van der Waals surface area contributed by atoms with Crippen molar-refractivity contribution in [3.8, 4) is 6.07 Å². The highest BCUT2D eigenvalue weighted by molar-refractivity contribution is 6.00. The predicted octanol–water partition coefficient (Wildman–Crippen LogP) is 3.93. The molecule has 0 bridgehead atoms. The van der Waals surface area contributed by atoms with E-state index in [0.29, 0.717) is 31.5 Å². The molecule has 2 aromatic carbocycles. The van der Waals surface area contributed by atoms with Crippen molar-refractivity contribution in [2.75, 3.05) is 11.4 Å². The van der Waals surface area contributed by atoms with Gasteiger partial charge in [-0.3, -0.25) is 9.59 Å². The molecule has 1 N–H and O–H groups in total. The fourth-order valence-corrected chi connectivity index (χ4v) is 4.67. The van der Waals surface area contributed by atoms with E-state index in [4.69, 9.17) is 5.26 Å². The van der Waals surface area contributed by atoms with Gasteiger partial charge in [0.15, 0.2) is 0 Å². The average molecular weight is 409 g/mol. The van der Waals surface area contributed by atoms with E-state index in [1.54, 1.807) is 11.0 Å². The van der Waals surface area contributed by atoms with Crippen molar-refractivity contribution in [2.24, 2.45) is 5.41 Å². The van der Waals surface area contributed by atoms with Crippen LogP contribution in [-0.4, -0.2) is 24.4 Å². The van der Waals surface area contributed by atoms with Crippen LogP contribution in [0.1, 0.15) is 48.0 Å². The first-order valence-electron chi connectivity index (χ1n) is 9.99. The Morgan fingerprint density at radius 1 is 1.17 bits per heavy atom. The van der Waals surface area contributed by atoms with Gasteiger partial charge in [-0.15, -0.1) is 0 Å².